The Hall–Kier alpha value is 0.880. The van der Waals surface area contributed by atoms with E-state index >= 15 is 0 Å². The molecule has 0 aliphatic rings. The molecule has 0 N–H and O–H groups in total. The average Bonchev–Trinajstić information content (AvgIpc) is 2.17. The topological polar surface area (TPSA) is 44.8 Å². The summed E-state index contributed by atoms with van der Waals surface area (Å²) in [6.07, 6.45) is 4.11. The Labute approximate surface area is 92.1 Å². The maximum absolute atomic E-state index is 11.1. The zero-order chi connectivity index (χ0) is 10.2. The maximum Gasteiger partial charge on any atom is 0.502 e. The SMILES string of the molecule is CCCCCCOP(=O)(OCl)OBr. The van der Waals surface area contributed by atoms with E-state index in [0.29, 0.717) is 6.61 Å². The normalized spacial score (nSPS) is 15.6. The first-order valence-electron chi connectivity index (χ1n) is 4.03. The van der Waals surface area contributed by atoms with E-state index in [1.54, 1.807) is 0 Å². The summed E-state index contributed by atoms with van der Waals surface area (Å²) in [4.78, 5) is 0. The van der Waals surface area contributed by atoms with Crippen LogP contribution in [0.15, 0.2) is 0 Å². The maximum atomic E-state index is 11.1. The van der Waals surface area contributed by atoms with Crippen LogP contribution in [0.3, 0.4) is 0 Å². The summed E-state index contributed by atoms with van der Waals surface area (Å²) < 4.78 is 24.3. The molecule has 0 fully saturated rings. The van der Waals surface area contributed by atoms with Gasteiger partial charge in [-0.15, -0.1) is 0 Å². The van der Waals surface area contributed by atoms with Gasteiger partial charge in [0.2, 0.25) is 0 Å². The van der Waals surface area contributed by atoms with Gasteiger partial charge in [0.05, 0.1) is 18.5 Å². The van der Waals surface area contributed by atoms with E-state index in [9.17, 15) is 4.57 Å². The lowest BCUT2D eigenvalue weighted by molar-refractivity contribution is 0.221. The standard InChI is InChI=1S/C6H13BrClO4P/c1-2-3-4-5-6-10-13(9,11-7)12-8/h2-6H2,1H3. The van der Waals surface area contributed by atoms with Crippen molar-refractivity contribution in [2.75, 3.05) is 6.61 Å². The van der Waals surface area contributed by atoms with E-state index in [1.807, 2.05) is 0 Å². The first-order chi connectivity index (χ1) is 6.18. The van der Waals surface area contributed by atoms with Gasteiger partial charge in [0, 0.05) is 0 Å². The van der Waals surface area contributed by atoms with Gasteiger partial charge < -0.3 is 0 Å². The Balaban J connectivity index is 3.45. The third kappa shape index (κ3) is 6.89. The van der Waals surface area contributed by atoms with Crippen molar-refractivity contribution in [3.05, 3.63) is 0 Å². The lowest BCUT2D eigenvalue weighted by atomic mass is 10.2. The molecule has 7 heteroatoms. The van der Waals surface area contributed by atoms with Gasteiger partial charge in [0.1, 0.15) is 16.3 Å². The van der Waals surface area contributed by atoms with E-state index in [0.717, 1.165) is 25.7 Å². The summed E-state index contributed by atoms with van der Waals surface area (Å²) in [7, 11) is -3.55. The third-order valence-electron chi connectivity index (χ3n) is 1.42. The predicted octanol–water partition coefficient (Wildman–Crippen LogP) is 4.19. The monoisotopic (exact) mass is 294 g/mol. The highest BCUT2D eigenvalue weighted by molar-refractivity contribution is 9.06. The Bertz CT molecular complexity index is 161. The molecule has 1 unspecified atom stereocenters. The second-order valence-electron chi connectivity index (χ2n) is 2.48. The first kappa shape index (κ1) is 13.9. The molecule has 0 rings (SSSR count). The molecule has 4 nitrogen and oxygen atoms in total. The van der Waals surface area contributed by atoms with Crippen molar-refractivity contribution in [3.63, 3.8) is 0 Å². The van der Waals surface area contributed by atoms with Gasteiger partial charge in [-0.05, 0) is 6.42 Å². The number of rotatable bonds is 8. The predicted molar refractivity (Wildman–Crippen MR) is 54.7 cm³/mol. The fourth-order valence-corrected chi connectivity index (χ4v) is 2.05. The summed E-state index contributed by atoms with van der Waals surface area (Å²) in [5, 5.41) is 0. The highest BCUT2D eigenvalue weighted by Gasteiger charge is 2.25. The summed E-state index contributed by atoms with van der Waals surface area (Å²) in [6, 6.07) is 0. The van der Waals surface area contributed by atoms with Crippen molar-refractivity contribution in [2.24, 2.45) is 0 Å². The van der Waals surface area contributed by atoms with Crippen LogP contribution >= 0.6 is 35.9 Å². The van der Waals surface area contributed by atoms with Gasteiger partial charge in [-0.3, -0.25) is 4.52 Å². The fraction of sp³-hybridized carbons (Fsp3) is 1.00. The van der Waals surface area contributed by atoms with Crippen LogP contribution < -0.4 is 0 Å². The van der Waals surface area contributed by atoms with E-state index in [4.69, 9.17) is 16.4 Å². The lowest BCUT2D eigenvalue weighted by Gasteiger charge is -2.09. The molecule has 13 heavy (non-hydrogen) atoms. The van der Waals surface area contributed by atoms with Gasteiger partial charge >= 0.3 is 7.82 Å². The quantitative estimate of drug-likeness (QED) is 0.497. The van der Waals surface area contributed by atoms with Crippen molar-refractivity contribution < 1.29 is 16.8 Å². The summed E-state index contributed by atoms with van der Waals surface area (Å²) in [5.74, 6) is 0. The molecular weight excluding hydrogens is 282 g/mol. The first-order valence-corrected chi connectivity index (χ1v) is 6.45. The van der Waals surface area contributed by atoms with Gasteiger partial charge in [-0.2, -0.15) is 4.08 Å². The van der Waals surface area contributed by atoms with Crippen molar-refractivity contribution in [2.45, 2.75) is 32.6 Å². The van der Waals surface area contributed by atoms with Crippen LogP contribution in [0.1, 0.15) is 32.6 Å². The van der Waals surface area contributed by atoms with Crippen LogP contribution in [0.4, 0.5) is 0 Å². The molecule has 80 valence electrons. The summed E-state index contributed by atoms with van der Waals surface area (Å²) in [5.41, 5.74) is 0. The molecule has 0 bridgehead atoms. The minimum absolute atomic E-state index is 0.315. The molecule has 0 saturated carbocycles. The molecule has 0 aromatic heterocycles. The largest absolute Gasteiger partial charge is 0.502 e. The number of phosphoric acid groups is 1. The summed E-state index contributed by atoms with van der Waals surface area (Å²) >= 11 is 7.42. The van der Waals surface area contributed by atoms with Crippen LogP contribution in [0.2, 0.25) is 0 Å². The van der Waals surface area contributed by atoms with E-state index in [2.05, 4.69) is 30.9 Å². The van der Waals surface area contributed by atoms with Crippen LogP contribution in [0.25, 0.3) is 0 Å². The fourth-order valence-electron chi connectivity index (χ4n) is 0.756. The molecule has 1 atom stereocenters. The van der Waals surface area contributed by atoms with Crippen LogP contribution in [0, 0.1) is 0 Å². The number of hydrogen-bond donors (Lipinski definition) is 0. The lowest BCUT2D eigenvalue weighted by Crippen LogP contribution is -1.93. The van der Waals surface area contributed by atoms with Crippen molar-refractivity contribution in [1.29, 1.82) is 0 Å². The molecule has 0 heterocycles. The minimum atomic E-state index is -3.55. The number of halogens is 2. The molecule has 0 aliphatic carbocycles. The number of hydrogen-bond acceptors (Lipinski definition) is 4. The Morgan fingerprint density at radius 3 is 2.54 bits per heavy atom. The number of unbranched alkanes of at least 4 members (excludes halogenated alkanes) is 3. The molecule has 0 radical (unpaired) electrons. The Morgan fingerprint density at radius 1 is 1.38 bits per heavy atom. The smallest absolute Gasteiger partial charge is 0.285 e. The van der Waals surface area contributed by atoms with Crippen LogP contribution in [0.5, 0.6) is 0 Å². The van der Waals surface area contributed by atoms with E-state index in [-0.39, 0.29) is 0 Å². The average molecular weight is 295 g/mol. The van der Waals surface area contributed by atoms with Gasteiger partial charge in [-0.25, -0.2) is 8.18 Å². The molecular formula is C6H13BrClO4P. The van der Waals surface area contributed by atoms with Crippen LogP contribution in [-0.2, 0) is 16.8 Å². The van der Waals surface area contributed by atoms with Crippen LogP contribution in [-0.4, -0.2) is 6.61 Å². The Morgan fingerprint density at radius 2 is 2.08 bits per heavy atom. The Kier molecular flexibility index (Phi) is 8.77. The zero-order valence-corrected chi connectivity index (χ0v) is 10.6. The van der Waals surface area contributed by atoms with Gasteiger partial charge in [0.25, 0.3) is 0 Å². The van der Waals surface area contributed by atoms with E-state index < -0.39 is 7.82 Å². The second kappa shape index (κ2) is 8.21. The molecule has 0 aliphatic heterocycles. The molecule has 0 spiro atoms. The van der Waals surface area contributed by atoms with Gasteiger partial charge in [0.15, 0.2) is 0 Å². The zero-order valence-electron chi connectivity index (χ0n) is 7.37. The van der Waals surface area contributed by atoms with Gasteiger partial charge in [-0.1, -0.05) is 26.2 Å². The van der Waals surface area contributed by atoms with Crippen molar-refractivity contribution in [3.8, 4) is 0 Å². The highest BCUT2D eigenvalue weighted by atomic mass is 79.9. The highest BCUT2D eigenvalue weighted by Crippen LogP contribution is 2.52. The molecule has 0 aromatic carbocycles. The molecule has 0 amide bonds. The third-order valence-corrected chi connectivity index (χ3v) is 3.82. The second-order valence-corrected chi connectivity index (χ2v) is 5.19. The minimum Gasteiger partial charge on any atom is -0.285 e. The van der Waals surface area contributed by atoms with Crippen molar-refractivity contribution >= 4 is 35.9 Å². The molecule has 0 aromatic rings. The van der Waals surface area contributed by atoms with E-state index in [1.165, 1.54) is 0 Å². The van der Waals surface area contributed by atoms with Crippen molar-refractivity contribution in [1.82, 2.24) is 0 Å². The summed E-state index contributed by atoms with van der Waals surface area (Å²) in [6.45, 7) is 2.42. The molecule has 0 saturated heterocycles.